The maximum atomic E-state index is 13.4. The fourth-order valence-corrected chi connectivity index (χ4v) is 10.2. The van der Waals surface area contributed by atoms with Crippen molar-refractivity contribution in [2.24, 2.45) is 11.8 Å². The fraction of sp³-hybridized carbons (Fsp3) is 0.545. The highest BCUT2D eigenvalue weighted by atomic mass is 32.2. The first-order chi connectivity index (χ1) is 21.5. The number of nitrogens with one attached hydrogen (secondary N) is 1. The van der Waals surface area contributed by atoms with Crippen molar-refractivity contribution < 1.29 is 42.3 Å². The summed E-state index contributed by atoms with van der Waals surface area (Å²) >= 11 is 1.04. The molecular formula is C22H25N10O10P2S+. The Labute approximate surface area is 256 Å². The Balaban J connectivity index is 1.12. The van der Waals surface area contributed by atoms with Crippen molar-refractivity contribution in [3.8, 4) is 0 Å². The van der Waals surface area contributed by atoms with Crippen molar-refractivity contribution in [1.82, 2.24) is 39.0 Å². The van der Waals surface area contributed by atoms with Crippen LogP contribution in [0.2, 0.25) is 0 Å². The van der Waals surface area contributed by atoms with Gasteiger partial charge in [0.1, 0.15) is 42.1 Å². The first kappa shape index (κ1) is 29.3. The Hall–Kier alpha value is -3.10. The molecule has 2 aliphatic heterocycles. The molecule has 2 bridgehead atoms. The minimum Gasteiger partial charge on any atom is -0.389 e. The molecule has 0 aromatic carbocycles. The van der Waals surface area contributed by atoms with Crippen LogP contribution in [0, 0.1) is 11.8 Å². The van der Waals surface area contributed by atoms with Gasteiger partial charge in [0, 0.05) is 10.5 Å². The van der Waals surface area contributed by atoms with E-state index in [9.17, 15) is 29.0 Å². The van der Waals surface area contributed by atoms with Gasteiger partial charge in [-0.1, -0.05) is 0 Å². The molecule has 8 N–H and O–H groups in total. The number of hydrogen-bond donors (Lipinski definition) is 6. The zero-order chi connectivity index (χ0) is 31.4. The maximum Gasteiger partial charge on any atom is 0.697 e. The number of H-pyrrole nitrogens is 1. The zero-order valence-electron chi connectivity index (χ0n) is 22.8. The summed E-state index contributed by atoms with van der Waals surface area (Å²) in [5.74, 6) is -1.16. The van der Waals surface area contributed by atoms with Crippen LogP contribution in [0.5, 0.6) is 0 Å². The number of rotatable bonds is 2. The van der Waals surface area contributed by atoms with Crippen LogP contribution in [-0.2, 0) is 32.8 Å². The number of hydrogen-bond acceptors (Lipinski definition) is 17. The molecule has 8 rings (SSSR count). The van der Waals surface area contributed by atoms with E-state index < -0.39 is 74.7 Å². The Kier molecular flexibility index (Phi) is 6.64. The summed E-state index contributed by atoms with van der Waals surface area (Å²) in [6.45, 7) is -0.776. The van der Waals surface area contributed by atoms with E-state index in [2.05, 4.69) is 29.9 Å². The summed E-state index contributed by atoms with van der Waals surface area (Å²) in [4.78, 5) is 46.3. The lowest BCUT2D eigenvalue weighted by molar-refractivity contribution is -0.0185. The molecule has 23 heteroatoms. The number of thioether (sulfide) groups is 1. The molecule has 0 spiro atoms. The molecule has 2 saturated heterocycles. The molecule has 0 amide bonds. The van der Waals surface area contributed by atoms with Crippen molar-refractivity contribution >= 4 is 61.9 Å². The van der Waals surface area contributed by atoms with Crippen LogP contribution in [0.15, 0.2) is 23.8 Å². The van der Waals surface area contributed by atoms with Gasteiger partial charge in [-0.25, -0.2) is 24.5 Å². The van der Waals surface area contributed by atoms with Crippen LogP contribution < -0.4 is 17.0 Å². The molecule has 4 aromatic rings. The monoisotopic (exact) mass is 683 g/mol. The third kappa shape index (κ3) is 4.45. The second-order valence-electron chi connectivity index (χ2n) is 11.2. The van der Waals surface area contributed by atoms with Gasteiger partial charge in [-0.2, -0.15) is 4.98 Å². The van der Waals surface area contributed by atoms with E-state index in [1.807, 2.05) is 0 Å². The number of aromatic nitrogens is 8. The number of anilines is 2. The Morgan fingerprint density at radius 3 is 2.73 bits per heavy atom. The standard InChI is InChI=1S/C22H24N10O10P2S/c23-16-10-17(26-4-25-16)32(6-28-10)22-1-8(22)7-2-40-44(37,38)42-14-12(33)9(3-39-43(36)41-13(7)15(22)34)45-20(14)31-5-27-11-18(31)29-21(24)30-19(11)35/h4-9,12-15,20,33-34H,1-3H2,(H5-,23,24,25,26,29,30,35,37,38)/p+1/t7-,8-,9+,12+,13+,14+,15+,20+,22+/m0/s1. The number of nitrogen functional groups attached to an aromatic ring is 2. The predicted molar refractivity (Wildman–Crippen MR) is 153 cm³/mol. The number of nitrogens with zero attached hydrogens (tertiary/aromatic N) is 7. The van der Waals surface area contributed by atoms with Gasteiger partial charge >= 0.3 is 16.1 Å². The lowest BCUT2D eigenvalue weighted by atomic mass is 10.0. The number of imidazole rings is 2. The predicted octanol–water partition coefficient (Wildman–Crippen LogP) is -0.620. The summed E-state index contributed by atoms with van der Waals surface area (Å²) in [6, 6.07) is 0. The first-order valence-electron chi connectivity index (χ1n) is 13.6. The van der Waals surface area contributed by atoms with E-state index in [0.717, 1.165) is 11.8 Å². The summed E-state index contributed by atoms with van der Waals surface area (Å²) in [7, 11) is -7.75. The number of fused-ring (bicyclic) bond motifs is 7. The lowest BCUT2D eigenvalue weighted by Gasteiger charge is -2.26. The minimum atomic E-state index is -4.90. The van der Waals surface area contributed by atoms with Crippen LogP contribution in [0.25, 0.3) is 22.3 Å². The van der Waals surface area contributed by atoms with Gasteiger partial charge in [0.2, 0.25) is 5.95 Å². The molecule has 45 heavy (non-hydrogen) atoms. The Bertz CT molecular complexity index is 1980. The van der Waals surface area contributed by atoms with Crippen LogP contribution in [0.4, 0.5) is 11.8 Å². The molecule has 11 atom stereocenters. The average Bonchev–Trinajstić information content (AvgIpc) is 3.25. The van der Waals surface area contributed by atoms with Gasteiger partial charge in [-0.3, -0.25) is 23.4 Å². The number of nitrogens with two attached hydrogens (primary N) is 2. The Morgan fingerprint density at radius 1 is 1.11 bits per heavy atom. The van der Waals surface area contributed by atoms with E-state index in [1.54, 1.807) is 4.57 Å². The van der Waals surface area contributed by atoms with E-state index >= 15 is 0 Å². The molecule has 6 heterocycles. The normalized spacial score (nSPS) is 39.2. The zero-order valence-corrected chi connectivity index (χ0v) is 25.4. The van der Waals surface area contributed by atoms with Gasteiger partial charge in [0.05, 0.1) is 36.2 Å². The van der Waals surface area contributed by atoms with Crippen LogP contribution in [-0.4, -0.2) is 97.0 Å². The van der Waals surface area contributed by atoms with E-state index in [1.165, 1.54) is 23.5 Å². The number of aliphatic hydroxyl groups excluding tert-OH is 2. The van der Waals surface area contributed by atoms with Crippen molar-refractivity contribution in [2.45, 2.75) is 47.0 Å². The molecule has 20 nitrogen and oxygen atoms in total. The number of aromatic amines is 1. The van der Waals surface area contributed by atoms with Gasteiger partial charge < -0.3 is 31.1 Å². The largest absolute Gasteiger partial charge is 0.697 e. The highest BCUT2D eigenvalue weighted by molar-refractivity contribution is 8.00. The van der Waals surface area contributed by atoms with E-state index in [4.69, 9.17) is 29.6 Å². The second kappa shape index (κ2) is 10.2. The maximum absolute atomic E-state index is 13.4. The molecule has 4 fully saturated rings. The topological polar surface area (TPSA) is 291 Å². The minimum absolute atomic E-state index is 0.0484. The molecule has 4 aliphatic rings. The van der Waals surface area contributed by atoms with Gasteiger partial charge in [-0.15, -0.1) is 20.8 Å². The fourth-order valence-electron chi connectivity index (χ4n) is 6.78. The summed E-state index contributed by atoms with van der Waals surface area (Å²) in [6.07, 6.45) is -0.833. The van der Waals surface area contributed by atoms with Crippen molar-refractivity contribution in [1.29, 1.82) is 0 Å². The number of phosphoric ester groups is 1. The van der Waals surface area contributed by atoms with Crippen LogP contribution in [0.3, 0.4) is 0 Å². The van der Waals surface area contributed by atoms with Crippen molar-refractivity contribution in [3.05, 3.63) is 29.3 Å². The number of aliphatic hydroxyl groups is 2. The van der Waals surface area contributed by atoms with E-state index in [0.29, 0.717) is 17.6 Å². The highest BCUT2D eigenvalue weighted by Crippen LogP contribution is 2.67. The molecule has 4 aromatic heterocycles. The van der Waals surface area contributed by atoms with Gasteiger partial charge in [0.25, 0.3) is 5.56 Å². The molecule has 2 aliphatic carbocycles. The SMILES string of the molecule is Nc1nc2c(ncn2[C@@H]2S[C@@H]3CO[P+](=O)O[C@@H]4[C@@H](COP(=O)(O)O[C@@H]2[C@@H]3O)[C@@H]2C[C@]2(n2cnc3c(N)ncnc32)[C@@H]4O)c(=O)[nH]1. The Morgan fingerprint density at radius 2 is 1.91 bits per heavy atom. The molecule has 238 valence electrons. The molecule has 2 saturated carbocycles. The number of phosphoric acid groups is 1. The van der Waals surface area contributed by atoms with Crippen LogP contribution >= 0.6 is 27.8 Å². The third-order valence-electron chi connectivity index (χ3n) is 8.88. The van der Waals surface area contributed by atoms with Gasteiger partial charge in [-0.05, 0) is 12.3 Å². The molecule has 2 unspecified atom stereocenters. The lowest BCUT2D eigenvalue weighted by Crippen LogP contribution is -2.40. The highest BCUT2D eigenvalue weighted by Gasteiger charge is 2.75. The summed E-state index contributed by atoms with van der Waals surface area (Å²) in [5.41, 5.74) is 10.8. The van der Waals surface area contributed by atoms with E-state index in [-0.39, 0.29) is 35.5 Å². The second-order valence-corrected chi connectivity index (χ2v) is 14.9. The van der Waals surface area contributed by atoms with Crippen LogP contribution in [0.1, 0.15) is 11.8 Å². The summed E-state index contributed by atoms with van der Waals surface area (Å²) in [5, 5.41) is 20.9. The molecular weight excluding hydrogens is 658 g/mol. The van der Waals surface area contributed by atoms with Crippen molar-refractivity contribution in [2.75, 3.05) is 24.7 Å². The summed E-state index contributed by atoms with van der Waals surface area (Å²) < 4.78 is 51.8. The third-order valence-corrected chi connectivity index (χ3v) is 12.2. The first-order valence-corrected chi connectivity index (χ1v) is 17.1. The van der Waals surface area contributed by atoms with Crippen molar-refractivity contribution in [3.63, 3.8) is 0 Å². The van der Waals surface area contributed by atoms with Gasteiger partial charge in [0.15, 0.2) is 22.6 Å². The quantitative estimate of drug-likeness (QED) is 0.143. The smallest absolute Gasteiger partial charge is 0.389 e. The molecule has 0 radical (unpaired) electrons. The average molecular weight is 684 g/mol.